The predicted molar refractivity (Wildman–Crippen MR) is 112 cm³/mol. The van der Waals surface area contributed by atoms with E-state index in [9.17, 15) is 19.4 Å². The molecule has 1 aliphatic carbocycles. The van der Waals surface area contributed by atoms with Crippen molar-refractivity contribution in [3.63, 3.8) is 0 Å². The summed E-state index contributed by atoms with van der Waals surface area (Å²) < 4.78 is 25.7. The van der Waals surface area contributed by atoms with Gasteiger partial charge in [0.2, 0.25) is 0 Å². The van der Waals surface area contributed by atoms with Crippen molar-refractivity contribution >= 4 is 16.9 Å². The van der Waals surface area contributed by atoms with Gasteiger partial charge < -0.3 is 30.4 Å². The highest BCUT2D eigenvalue weighted by Gasteiger charge is 2.44. The number of hydrogen-bond donors (Lipinski definition) is 4. The number of aryl methyl sites for hydroxylation is 1. The summed E-state index contributed by atoms with van der Waals surface area (Å²) in [6.45, 7) is 1.26. The molecule has 0 bridgehead atoms. The minimum Gasteiger partial charge on any atom is -0.483 e. The lowest BCUT2D eigenvalue weighted by Gasteiger charge is -2.44. The summed E-state index contributed by atoms with van der Waals surface area (Å²) in [5, 5.41) is 23.0. The minimum absolute atomic E-state index is 0.232. The summed E-state index contributed by atoms with van der Waals surface area (Å²) in [5.41, 5.74) is 5.88. The van der Waals surface area contributed by atoms with E-state index in [0.717, 1.165) is 6.42 Å². The molecular formula is C23H25FN2O5. The van der Waals surface area contributed by atoms with Gasteiger partial charge in [-0.2, -0.15) is 0 Å². The topological polar surface area (TPSA) is 118 Å². The van der Waals surface area contributed by atoms with E-state index >= 15 is 0 Å². The molecule has 3 aromatic rings. The first-order chi connectivity index (χ1) is 14.8. The van der Waals surface area contributed by atoms with Crippen molar-refractivity contribution in [3.8, 4) is 5.75 Å². The van der Waals surface area contributed by atoms with Crippen LogP contribution >= 0.6 is 0 Å². The third kappa shape index (κ3) is 3.89. The second kappa shape index (κ2) is 8.30. The standard InChI is InChI=1S/C23H25FN2O5/c1-13-20(21(28)26-23(22(25)29)9-4-10-23)16-11-14(7-8-18(16)30-13)31-19(12-27)15-5-2-3-6-17(15)24/h2-3,5-8,11,19,22,27,29H,4,9-10,12,25H2,1H3,(H,26,28). The lowest BCUT2D eigenvalue weighted by Crippen LogP contribution is -2.64. The first kappa shape index (κ1) is 21.3. The fourth-order valence-electron chi connectivity index (χ4n) is 4.00. The number of amides is 1. The lowest BCUT2D eigenvalue weighted by molar-refractivity contribution is 0.0120. The average Bonchev–Trinajstić information content (AvgIpc) is 3.04. The zero-order valence-electron chi connectivity index (χ0n) is 17.1. The maximum Gasteiger partial charge on any atom is 0.256 e. The number of carbonyl (C=O) groups is 1. The smallest absolute Gasteiger partial charge is 0.256 e. The summed E-state index contributed by atoms with van der Waals surface area (Å²) in [6, 6.07) is 11.0. The lowest BCUT2D eigenvalue weighted by atomic mass is 9.75. The summed E-state index contributed by atoms with van der Waals surface area (Å²) in [6.07, 6.45) is 0.0000671. The predicted octanol–water partition coefficient (Wildman–Crippen LogP) is 2.92. The first-order valence-corrected chi connectivity index (χ1v) is 10.2. The van der Waals surface area contributed by atoms with Gasteiger partial charge in [-0.25, -0.2) is 4.39 Å². The largest absolute Gasteiger partial charge is 0.483 e. The Bertz CT molecular complexity index is 1110. The number of nitrogens with one attached hydrogen (secondary N) is 1. The van der Waals surface area contributed by atoms with Crippen molar-refractivity contribution in [2.45, 2.75) is 44.1 Å². The molecule has 7 nitrogen and oxygen atoms in total. The number of furan rings is 1. The van der Waals surface area contributed by atoms with Gasteiger partial charge in [-0.05, 0) is 50.5 Å². The molecule has 2 unspecified atom stereocenters. The van der Waals surface area contributed by atoms with E-state index in [1.807, 2.05) is 0 Å². The van der Waals surface area contributed by atoms with Gasteiger partial charge in [-0.3, -0.25) is 4.79 Å². The van der Waals surface area contributed by atoms with Crippen molar-refractivity contribution in [2.24, 2.45) is 5.73 Å². The van der Waals surface area contributed by atoms with Gasteiger partial charge in [0.25, 0.3) is 5.91 Å². The minimum atomic E-state index is -1.16. The van der Waals surface area contributed by atoms with E-state index in [2.05, 4.69) is 5.32 Å². The third-order valence-corrected chi connectivity index (χ3v) is 5.93. The van der Waals surface area contributed by atoms with Crippen LogP contribution in [0.3, 0.4) is 0 Å². The summed E-state index contributed by atoms with van der Waals surface area (Å²) in [7, 11) is 0. The highest BCUT2D eigenvalue weighted by molar-refractivity contribution is 6.07. The SMILES string of the molecule is Cc1oc2ccc(OC(CO)c3ccccc3F)cc2c1C(=O)NC1(C(N)O)CCC1. The van der Waals surface area contributed by atoms with Gasteiger partial charge in [-0.15, -0.1) is 0 Å². The number of aliphatic hydroxyl groups is 2. The molecular weight excluding hydrogens is 403 g/mol. The molecule has 0 spiro atoms. The number of hydrogen-bond acceptors (Lipinski definition) is 6. The van der Waals surface area contributed by atoms with Crippen LogP contribution in [0.1, 0.15) is 47.0 Å². The van der Waals surface area contributed by atoms with Crippen LogP contribution in [0.25, 0.3) is 11.0 Å². The third-order valence-electron chi connectivity index (χ3n) is 5.93. The van der Waals surface area contributed by atoms with E-state index in [1.54, 1.807) is 43.3 Å². The Labute approximate surface area is 178 Å². The van der Waals surface area contributed by atoms with Crippen LogP contribution in [0.15, 0.2) is 46.9 Å². The van der Waals surface area contributed by atoms with Crippen molar-refractivity contribution in [3.05, 3.63) is 65.2 Å². The fourth-order valence-corrected chi connectivity index (χ4v) is 4.00. The van der Waals surface area contributed by atoms with Gasteiger partial charge >= 0.3 is 0 Å². The molecule has 1 aromatic heterocycles. The Morgan fingerprint density at radius 1 is 1.32 bits per heavy atom. The van der Waals surface area contributed by atoms with Gasteiger partial charge in [0.05, 0.1) is 17.7 Å². The number of rotatable bonds is 7. The molecule has 5 N–H and O–H groups in total. The number of ether oxygens (including phenoxy) is 1. The number of halogens is 1. The van der Waals surface area contributed by atoms with Crippen LogP contribution in [-0.4, -0.2) is 34.5 Å². The van der Waals surface area contributed by atoms with Crippen molar-refractivity contribution in [1.82, 2.24) is 5.32 Å². The van der Waals surface area contributed by atoms with E-state index in [4.69, 9.17) is 14.9 Å². The van der Waals surface area contributed by atoms with Gasteiger partial charge in [-0.1, -0.05) is 18.2 Å². The second-order valence-electron chi connectivity index (χ2n) is 7.91. The molecule has 1 amide bonds. The van der Waals surface area contributed by atoms with Crippen molar-refractivity contribution in [1.29, 1.82) is 0 Å². The molecule has 2 aromatic carbocycles. The summed E-state index contributed by atoms with van der Waals surface area (Å²) in [4.78, 5) is 13.0. The number of benzene rings is 2. The van der Waals surface area contributed by atoms with Gasteiger partial charge in [0.1, 0.15) is 35.2 Å². The summed E-state index contributed by atoms with van der Waals surface area (Å²) >= 11 is 0. The molecule has 4 rings (SSSR count). The van der Waals surface area contributed by atoms with E-state index < -0.39 is 36.2 Å². The Hall–Kier alpha value is -2.94. The number of carbonyl (C=O) groups excluding carboxylic acids is 1. The summed E-state index contributed by atoms with van der Waals surface area (Å²) in [5.74, 6) is -0.112. The van der Waals surface area contributed by atoms with Crippen LogP contribution in [-0.2, 0) is 0 Å². The molecule has 1 saturated carbocycles. The van der Waals surface area contributed by atoms with Crippen LogP contribution in [0.2, 0.25) is 0 Å². The molecule has 1 heterocycles. The van der Waals surface area contributed by atoms with Crippen LogP contribution in [0.5, 0.6) is 5.75 Å². The zero-order valence-corrected chi connectivity index (χ0v) is 17.1. The maximum absolute atomic E-state index is 14.1. The molecule has 1 fully saturated rings. The van der Waals surface area contributed by atoms with Crippen LogP contribution < -0.4 is 15.8 Å². The fraction of sp³-hybridized carbons (Fsp3) is 0.348. The molecule has 8 heteroatoms. The maximum atomic E-state index is 14.1. The van der Waals surface area contributed by atoms with E-state index in [1.165, 1.54) is 6.07 Å². The number of aliphatic hydroxyl groups excluding tert-OH is 2. The second-order valence-corrected chi connectivity index (χ2v) is 7.91. The molecule has 0 saturated heterocycles. The molecule has 2 atom stereocenters. The monoisotopic (exact) mass is 428 g/mol. The molecule has 1 aliphatic rings. The normalized spacial score (nSPS) is 17.1. The highest BCUT2D eigenvalue weighted by Crippen LogP contribution is 2.36. The van der Waals surface area contributed by atoms with Crippen LogP contribution in [0.4, 0.5) is 4.39 Å². The molecule has 164 valence electrons. The van der Waals surface area contributed by atoms with Gasteiger partial charge in [0.15, 0.2) is 0 Å². The number of fused-ring (bicyclic) bond motifs is 1. The quantitative estimate of drug-likeness (QED) is 0.430. The van der Waals surface area contributed by atoms with Crippen molar-refractivity contribution in [2.75, 3.05) is 6.61 Å². The van der Waals surface area contributed by atoms with Gasteiger partial charge in [0, 0.05) is 10.9 Å². The zero-order chi connectivity index (χ0) is 22.2. The van der Waals surface area contributed by atoms with Crippen LogP contribution in [0, 0.1) is 12.7 Å². The van der Waals surface area contributed by atoms with E-state index in [0.29, 0.717) is 40.9 Å². The highest BCUT2D eigenvalue weighted by atomic mass is 19.1. The molecule has 31 heavy (non-hydrogen) atoms. The average molecular weight is 428 g/mol. The van der Waals surface area contributed by atoms with Crippen molar-refractivity contribution < 1.29 is 28.6 Å². The molecule has 0 radical (unpaired) electrons. The molecule has 0 aliphatic heterocycles. The van der Waals surface area contributed by atoms with E-state index in [-0.39, 0.29) is 5.56 Å². The Morgan fingerprint density at radius 3 is 2.68 bits per heavy atom. The Morgan fingerprint density at radius 2 is 2.06 bits per heavy atom. The first-order valence-electron chi connectivity index (χ1n) is 10.2. The number of nitrogens with two attached hydrogens (primary N) is 1. The Balaban J connectivity index is 1.64. The Kier molecular flexibility index (Phi) is 5.70.